The second-order valence-corrected chi connectivity index (χ2v) is 3.85. The highest BCUT2D eigenvalue weighted by molar-refractivity contribution is 5.32. The van der Waals surface area contributed by atoms with Crippen molar-refractivity contribution < 1.29 is 9.66 Å². The van der Waals surface area contributed by atoms with Crippen LogP contribution in [0.3, 0.4) is 0 Å². The Morgan fingerprint density at radius 1 is 1.44 bits per heavy atom. The van der Waals surface area contributed by atoms with E-state index < -0.39 is 4.92 Å². The van der Waals surface area contributed by atoms with E-state index in [1.165, 1.54) is 12.1 Å². The Morgan fingerprint density at radius 3 is 2.75 bits per heavy atom. The molecule has 1 fully saturated rings. The van der Waals surface area contributed by atoms with Crippen molar-refractivity contribution in [1.29, 1.82) is 0 Å². The summed E-state index contributed by atoms with van der Waals surface area (Å²) in [5.41, 5.74) is 1.09. The van der Waals surface area contributed by atoms with Crippen molar-refractivity contribution >= 4 is 5.69 Å². The van der Waals surface area contributed by atoms with E-state index in [2.05, 4.69) is 5.32 Å². The summed E-state index contributed by atoms with van der Waals surface area (Å²) in [6.45, 7) is 2.42. The van der Waals surface area contributed by atoms with Crippen molar-refractivity contribution in [3.8, 4) is 0 Å². The second kappa shape index (κ2) is 5.05. The van der Waals surface area contributed by atoms with Gasteiger partial charge in [0.15, 0.2) is 0 Å². The average molecular weight is 222 g/mol. The molecule has 0 aliphatic carbocycles. The number of ether oxygens (including phenoxy) is 1. The smallest absolute Gasteiger partial charge is 0.269 e. The van der Waals surface area contributed by atoms with Crippen LogP contribution in [0.5, 0.6) is 0 Å². The van der Waals surface area contributed by atoms with Crippen LogP contribution in [0.15, 0.2) is 24.3 Å². The standard InChI is InChI=1S/C11H14N2O3/c14-13(15)10-3-1-9(2-4-10)8-16-11-5-6-12-7-11/h1-4,11-12H,5-8H2. The van der Waals surface area contributed by atoms with Gasteiger partial charge in [0.1, 0.15) is 0 Å². The molecule has 1 aromatic rings. The summed E-state index contributed by atoms with van der Waals surface area (Å²) in [6.07, 6.45) is 1.31. The third kappa shape index (κ3) is 2.77. The van der Waals surface area contributed by atoms with Gasteiger partial charge in [0, 0.05) is 18.7 Å². The van der Waals surface area contributed by atoms with Crippen LogP contribution in [0.1, 0.15) is 12.0 Å². The number of non-ortho nitro benzene ring substituents is 1. The quantitative estimate of drug-likeness (QED) is 0.619. The van der Waals surface area contributed by atoms with Gasteiger partial charge in [0.05, 0.1) is 17.6 Å². The van der Waals surface area contributed by atoms with Gasteiger partial charge in [-0.25, -0.2) is 0 Å². The second-order valence-electron chi connectivity index (χ2n) is 3.85. The minimum Gasteiger partial charge on any atom is -0.372 e. The zero-order valence-corrected chi connectivity index (χ0v) is 8.89. The summed E-state index contributed by atoms with van der Waals surface area (Å²) in [5.74, 6) is 0. The van der Waals surface area contributed by atoms with Crippen LogP contribution < -0.4 is 5.32 Å². The molecule has 5 heteroatoms. The monoisotopic (exact) mass is 222 g/mol. The zero-order valence-electron chi connectivity index (χ0n) is 8.89. The maximum absolute atomic E-state index is 10.4. The fourth-order valence-corrected chi connectivity index (χ4v) is 1.70. The lowest BCUT2D eigenvalue weighted by Crippen LogP contribution is -2.16. The minimum atomic E-state index is -0.397. The summed E-state index contributed by atoms with van der Waals surface area (Å²) < 4.78 is 5.66. The lowest BCUT2D eigenvalue weighted by Gasteiger charge is -2.09. The topological polar surface area (TPSA) is 64.4 Å². The number of nitrogens with one attached hydrogen (secondary N) is 1. The number of nitro groups is 1. The van der Waals surface area contributed by atoms with E-state index in [9.17, 15) is 10.1 Å². The van der Waals surface area contributed by atoms with E-state index in [1.807, 2.05) is 0 Å². The van der Waals surface area contributed by atoms with Crippen molar-refractivity contribution in [3.63, 3.8) is 0 Å². The van der Waals surface area contributed by atoms with Crippen LogP contribution in [-0.2, 0) is 11.3 Å². The summed E-state index contributed by atoms with van der Waals surface area (Å²) in [7, 11) is 0. The van der Waals surface area contributed by atoms with Crippen LogP contribution in [0.2, 0.25) is 0 Å². The molecule has 1 saturated heterocycles. The maximum atomic E-state index is 10.4. The predicted molar refractivity (Wildman–Crippen MR) is 59.2 cm³/mol. The van der Waals surface area contributed by atoms with Gasteiger partial charge >= 0.3 is 0 Å². The minimum absolute atomic E-state index is 0.117. The highest BCUT2D eigenvalue weighted by Crippen LogP contribution is 2.14. The molecule has 16 heavy (non-hydrogen) atoms. The van der Waals surface area contributed by atoms with E-state index in [1.54, 1.807) is 12.1 Å². The molecular weight excluding hydrogens is 208 g/mol. The van der Waals surface area contributed by atoms with Crippen molar-refractivity contribution in [2.75, 3.05) is 13.1 Å². The Balaban J connectivity index is 1.87. The molecular formula is C11H14N2O3. The lowest BCUT2D eigenvalue weighted by molar-refractivity contribution is -0.384. The average Bonchev–Trinajstić information content (AvgIpc) is 2.80. The van der Waals surface area contributed by atoms with Gasteiger partial charge in [-0.2, -0.15) is 0 Å². The zero-order chi connectivity index (χ0) is 11.4. The summed E-state index contributed by atoms with van der Waals surface area (Å²) in [4.78, 5) is 10.0. The third-order valence-corrected chi connectivity index (χ3v) is 2.65. The molecule has 1 aromatic carbocycles. The molecule has 0 saturated carbocycles. The number of rotatable bonds is 4. The molecule has 0 amide bonds. The maximum Gasteiger partial charge on any atom is 0.269 e. The Morgan fingerprint density at radius 2 is 2.19 bits per heavy atom. The molecule has 0 aromatic heterocycles. The van der Waals surface area contributed by atoms with Crippen LogP contribution in [0, 0.1) is 10.1 Å². The Labute approximate surface area is 93.6 Å². The molecule has 0 bridgehead atoms. The number of benzene rings is 1. The molecule has 1 unspecified atom stereocenters. The Hall–Kier alpha value is -1.46. The fraction of sp³-hybridized carbons (Fsp3) is 0.455. The van der Waals surface area contributed by atoms with Crippen LogP contribution >= 0.6 is 0 Å². The largest absolute Gasteiger partial charge is 0.372 e. The van der Waals surface area contributed by atoms with E-state index in [-0.39, 0.29) is 11.8 Å². The van der Waals surface area contributed by atoms with Crippen molar-refractivity contribution in [2.24, 2.45) is 0 Å². The first-order valence-electron chi connectivity index (χ1n) is 5.31. The van der Waals surface area contributed by atoms with Gasteiger partial charge < -0.3 is 10.1 Å². The molecule has 0 spiro atoms. The van der Waals surface area contributed by atoms with Gasteiger partial charge in [-0.1, -0.05) is 0 Å². The third-order valence-electron chi connectivity index (χ3n) is 2.65. The number of hydrogen-bond acceptors (Lipinski definition) is 4. The molecule has 1 N–H and O–H groups in total. The Kier molecular flexibility index (Phi) is 3.48. The predicted octanol–water partition coefficient (Wildman–Crippen LogP) is 1.47. The number of nitrogens with zero attached hydrogens (tertiary/aromatic N) is 1. The molecule has 1 atom stereocenters. The molecule has 2 rings (SSSR count). The summed E-state index contributed by atoms with van der Waals surface area (Å²) >= 11 is 0. The van der Waals surface area contributed by atoms with Gasteiger partial charge in [0.2, 0.25) is 0 Å². The van der Waals surface area contributed by atoms with E-state index in [0.717, 1.165) is 25.1 Å². The fourth-order valence-electron chi connectivity index (χ4n) is 1.70. The normalized spacial score (nSPS) is 19.9. The highest BCUT2D eigenvalue weighted by atomic mass is 16.6. The Bertz CT molecular complexity index is 358. The van der Waals surface area contributed by atoms with Crippen LogP contribution in [0.4, 0.5) is 5.69 Å². The molecule has 5 nitrogen and oxygen atoms in total. The van der Waals surface area contributed by atoms with E-state index in [0.29, 0.717) is 6.61 Å². The molecule has 1 aliphatic heterocycles. The van der Waals surface area contributed by atoms with Gasteiger partial charge in [-0.3, -0.25) is 10.1 Å². The lowest BCUT2D eigenvalue weighted by atomic mass is 10.2. The SMILES string of the molecule is O=[N+]([O-])c1ccc(COC2CCNC2)cc1. The van der Waals surface area contributed by atoms with Gasteiger partial charge in [0.25, 0.3) is 5.69 Å². The van der Waals surface area contributed by atoms with E-state index >= 15 is 0 Å². The molecule has 1 heterocycles. The van der Waals surface area contributed by atoms with Crippen molar-refractivity contribution in [3.05, 3.63) is 39.9 Å². The van der Waals surface area contributed by atoms with E-state index in [4.69, 9.17) is 4.74 Å². The summed E-state index contributed by atoms with van der Waals surface area (Å²) in [6, 6.07) is 6.48. The molecule has 1 aliphatic rings. The van der Waals surface area contributed by atoms with Crippen molar-refractivity contribution in [2.45, 2.75) is 19.1 Å². The first-order valence-corrected chi connectivity index (χ1v) is 5.31. The molecule has 86 valence electrons. The van der Waals surface area contributed by atoms with Gasteiger partial charge in [-0.05, 0) is 30.7 Å². The van der Waals surface area contributed by atoms with Crippen LogP contribution in [-0.4, -0.2) is 24.1 Å². The van der Waals surface area contributed by atoms with Gasteiger partial charge in [-0.15, -0.1) is 0 Å². The first kappa shape index (κ1) is 11.0. The first-order chi connectivity index (χ1) is 7.75. The highest BCUT2D eigenvalue weighted by Gasteiger charge is 2.14. The number of nitro benzene ring substituents is 1. The number of hydrogen-bond donors (Lipinski definition) is 1. The summed E-state index contributed by atoms with van der Waals surface area (Å²) in [5, 5.41) is 13.7. The molecule has 0 radical (unpaired) electrons. The van der Waals surface area contributed by atoms with Crippen LogP contribution in [0.25, 0.3) is 0 Å². The van der Waals surface area contributed by atoms with Crippen molar-refractivity contribution in [1.82, 2.24) is 5.32 Å².